The van der Waals surface area contributed by atoms with Crippen LogP contribution in [0.25, 0.3) is 0 Å². The molecule has 0 atom stereocenters. The predicted octanol–water partition coefficient (Wildman–Crippen LogP) is 2.74. The summed E-state index contributed by atoms with van der Waals surface area (Å²) in [6.07, 6.45) is -4.18. The molecule has 0 aromatic heterocycles. The van der Waals surface area contributed by atoms with E-state index in [2.05, 4.69) is 16.6 Å². The average Bonchev–Trinajstić information content (AvgIpc) is 2.42. The normalized spacial score (nSPS) is 10.5. The number of alkyl halides is 3. The molecule has 0 radical (unpaired) electrons. The molecule has 1 rings (SSSR count). The number of nitrogens with zero attached hydrogens (tertiary/aromatic N) is 1. The van der Waals surface area contributed by atoms with Gasteiger partial charge in [0.2, 0.25) is 5.91 Å². The number of benzene rings is 1. The highest BCUT2D eigenvalue weighted by Gasteiger charge is 2.30. The maximum Gasteiger partial charge on any atom is 0.573 e. The first-order valence-electron chi connectivity index (χ1n) is 5.97. The lowest BCUT2D eigenvalue weighted by atomic mass is 10.2. The molecule has 0 aliphatic rings. The van der Waals surface area contributed by atoms with Gasteiger partial charge in [-0.25, -0.2) is 5.06 Å². The summed E-state index contributed by atoms with van der Waals surface area (Å²) in [5.74, 6) is 5.00. The van der Waals surface area contributed by atoms with Gasteiger partial charge in [0, 0.05) is 25.5 Å². The number of carbonyl (C=O) groups is 1. The molecular weight excluding hydrogens is 287 g/mol. The monoisotopic (exact) mass is 301 g/mol. The standard InChI is InChI=1S/C14H14F3NO3/c1-18(20-2)13(19)6-4-3-5-11-7-9-12(10-8-11)21-14(15,16)17/h7-10H,4,6H2,1-2H3. The third-order valence-electron chi connectivity index (χ3n) is 2.41. The first-order valence-corrected chi connectivity index (χ1v) is 5.97. The molecule has 1 aromatic rings. The lowest BCUT2D eigenvalue weighted by Crippen LogP contribution is -2.24. The molecule has 4 nitrogen and oxygen atoms in total. The molecule has 0 fully saturated rings. The van der Waals surface area contributed by atoms with E-state index in [1.807, 2.05) is 0 Å². The lowest BCUT2D eigenvalue weighted by molar-refractivity contribution is -0.274. The summed E-state index contributed by atoms with van der Waals surface area (Å²) in [5.41, 5.74) is 0.539. The highest BCUT2D eigenvalue weighted by Crippen LogP contribution is 2.22. The maximum absolute atomic E-state index is 12.0. The smallest absolute Gasteiger partial charge is 0.406 e. The Morgan fingerprint density at radius 1 is 1.29 bits per heavy atom. The number of halogens is 3. The van der Waals surface area contributed by atoms with Gasteiger partial charge in [-0.05, 0) is 24.3 Å². The van der Waals surface area contributed by atoms with Crippen LogP contribution in [0.15, 0.2) is 24.3 Å². The van der Waals surface area contributed by atoms with Crippen LogP contribution in [0.5, 0.6) is 5.75 Å². The minimum absolute atomic E-state index is 0.201. The molecule has 0 unspecified atom stereocenters. The molecular formula is C14H14F3NO3. The van der Waals surface area contributed by atoms with Crippen molar-refractivity contribution in [2.75, 3.05) is 14.2 Å². The average molecular weight is 301 g/mol. The summed E-state index contributed by atoms with van der Waals surface area (Å²) >= 11 is 0. The fourth-order valence-corrected chi connectivity index (χ4v) is 1.33. The van der Waals surface area contributed by atoms with Crippen LogP contribution in [-0.2, 0) is 9.63 Å². The fraction of sp³-hybridized carbons (Fsp3) is 0.357. The first kappa shape index (κ1) is 16.9. The summed E-state index contributed by atoms with van der Waals surface area (Å²) in [7, 11) is 2.88. The van der Waals surface area contributed by atoms with Crippen molar-refractivity contribution in [3.8, 4) is 17.6 Å². The minimum atomic E-state index is -4.71. The second-order valence-corrected chi connectivity index (χ2v) is 3.95. The Morgan fingerprint density at radius 2 is 1.90 bits per heavy atom. The SMILES string of the molecule is CON(C)C(=O)CCC#Cc1ccc(OC(F)(F)F)cc1. The van der Waals surface area contributed by atoms with Gasteiger partial charge in [0.1, 0.15) is 5.75 Å². The zero-order valence-corrected chi connectivity index (χ0v) is 11.5. The Hall–Kier alpha value is -2.20. The fourth-order valence-electron chi connectivity index (χ4n) is 1.33. The predicted molar refractivity (Wildman–Crippen MR) is 69.0 cm³/mol. The molecule has 1 amide bonds. The molecule has 0 aliphatic carbocycles. The lowest BCUT2D eigenvalue weighted by Gasteiger charge is -2.11. The number of ether oxygens (including phenoxy) is 1. The highest BCUT2D eigenvalue weighted by molar-refractivity contribution is 5.75. The van der Waals surface area contributed by atoms with Crippen LogP contribution in [0.2, 0.25) is 0 Å². The van der Waals surface area contributed by atoms with Crippen molar-refractivity contribution in [2.24, 2.45) is 0 Å². The van der Waals surface area contributed by atoms with Crippen molar-refractivity contribution in [1.29, 1.82) is 0 Å². The van der Waals surface area contributed by atoms with Gasteiger partial charge >= 0.3 is 6.36 Å². The van der Waals surface area contributed by atoms with Crippen LogP contribution >= 0.6 is 0 Å². The second-order valence-electron chi connectivity index (χ2n) is 3.95. The summed E-state index contributed by atoms with van der Waals surface area (Å²) in [4.78, 5) is 16.1. The van der Waals surface area contributed by atoms with Gasteiger partial charge < -0.3 is 4.74 Å². The number of rotatable bonds is 4. The molecule has 0 aliphatic heterocycles. The molecule has 0 N–H and O–H groups in total. The van der Waals surface area contributed by atoms with Crippen molar-refractivity contribution in [3.63, 3.8) is 0 Å². The van der Waals surface area contributed by atoms with Gasteiger partial charge in [-0.2, -0.15) is 0 Å². The van der Waals surface area contributed by atoms with E-state index < -0.39 is 6.36 Å². The number of amides is 1. The van der Waals surface area contributed by atoms with E-state index in [9.17, 15) is 18.0 Å². The summed E-state index contributed by atoms with van der Waals surface area (Å²) in [5, 5.41) is 1.10. The van der Waals surface area contributed by atoms with E-state index in [0.29, 0.717) is 12.0 Å². The molecule has 0 saturated heterocycles. The molecule has 114 valence electrons. The van der Waals surface area contributed by atoms with Gasteiger partial charge in [-0.1, -0.05) is 11.8 Å². The van der Waals surface area contributed by atoms with Crippen molar-refractivity contribution in [3.05, 3.63) is 29.8 Å². The molecule has 7 heteroatoms. The minimum Gasteiger partial charge on any atom is -0.406 e. The first-order chi connectivity index (χ1) is 9.81. The van der Waals surface area contributed by atoms with Gasteiger partial charge in [0.25, 0.3) is 0 Å². The van der Waals surface area contributed by atoms with Gasteiger partial charge in [0.15, 0.2) is 0 Å². The molecule has 0 heterocycles. The van der Waals surface area contributed by atoms with Crippen LogP contribution < -0.4 is 4.74 Å². The van der Waals surface area contributed by atoms with Crippen LogP contribution in [0.3, 0.4) is 0 Å². The Morgan fingerprint density at radius 3 is 2.43 bits per heavy atom. The Kier molecular flexibility index (Phi) is 6.06. The summed E-state index contributed by atoms with van der Waals surface area (Å²) in [6, 6.07) is 5.19. The zero-order chi connectivity index (χ0) is 15.9. The van der Waals surface area contributed by atoms with Crippen molar-refractivity contribution < 1.29 is 27.5 Å². The van der Waals surface area contributed by atoms with E-state index in [1.54, 1.807) is 0 Å². The van der Waals surface area contributed by atoms with E-state index in [1.165, 1.54) is 38.4 Å². The molecule has 0 spiro atoms. The largest absolute Gasteiger partial charge is 0.573 e. The molecule has 1 aromatic carbocycles. The molecule has 0 saturated carbocycles. The number of hydroxylamine groups is 2. The molecule has 21 heavy (non-hydrogen) atoms. The van der Waals surface area contributed by atoms with Crippen LogP contribution in [0.4, 0.5) is 13.2 Å². The second kappa shape index (κ2) is 7.55. The Bertz CT molecular complexity index is 529. The van der Waals surface area contributed by atoms with Crippen molar-refractivity contribution in [2.45, 2.75) is 19.2 Å². The summed E-state index contributed by atoms with van der Waals surface area (Å²) in [6.45, 7) is 0. The third kappa shape index (κ3) is 6.68. The third-order valence-corrected chi connectivity index (χ3v) is 2.41. The van der Waals surface area contributed by atoms with Gasteiger partial charge in [0.05, 0.1) is 7.11 Å². The van der Waals surface area contributed by atoms with Crippen LogP contribution in [-0.4, -0.2) is 31.5 Å². The number of hydrogen-bond donors (Lipinski definition) is 0. The Labute approximate surface area is 120 Å². The topological polar surface area (TPSA) is 38.8 Å². The van der Waals surface area contributed by atoms with E-state index in [0.717, 1.165) is 5.06 Å². The van der Waals surface area contributed by atoms with E-state index in [4.69, 9.17) is 4.84 Å². The van der Waals surface area contributed by atoms with E-state index >= 15 is 0 Å². The zero-order valence-electron chi connectivity index (χ0n) is 11.5. The van der Waals surface area contributed by atoms with Crippen molar-refractivity contribution >= 4 is 5.91 Å². The Balaban J connectivity index is 2.50. The quantitative estimate of drug-likeness (QED) is 0.634. The highest BCUT2D eigenvalue weighted by atomic mass is 19.4. The molecule has 0 bridgehead atoms. The van der Waals surface area contributed by atoms with Gasteiger partial charge in [-0.3, -0.25) is 9.63 Å². The van der Waals surface area contributed by atoms with Crippen LogP contribution in [0.1, 0.15) is 18.4 Å². The van der Waals surface area contributed by atoms with E-state index in [-0.39, 0.29) is 18.1 Å². The summed E-state index contributed by atoms with van der Waals surface area (Å²) < 4.78 is 39.6. The van der Waals surface area contributed by atoms with Gasteiger partial charge in [-0.15, -0.1) is 13.2 Å². The van der Waals surface area contributed by atoms with Crippen LogP contribution in [0, 0.1) is 11.8 Å². The van der Waals surface area contributed by atoms with Crippen molar-refractivity contribution in [1.82, 2.24) is 5.06 Å². The number of carbonyl (C=O) groups excluding carboxylic acids is 1. The number of hydrogen-bond acceptors (Lipinski definition) is 3. The maximum atomic E-state index is 12.0.